The van der Waals surface area contributed by atoms with E-state index < -0.39 is 0 Å². The molecule has 5 nitrogen and oxygen atoms in total. The first kappa shape index (κ1) is 18.0. The van der Waals surface area contributed by atoms with E-state index in [1.54, 1.807) is 17.5 Å². The Bertz CT molecular complexity index is 495. The van der Waals surface area contributed by atoms with Crippen LogP contribution in [0, 0.1) is 0 Å². The van der Waals surface area contributed by atoms with Gasteiger partial charge in [0.25, 0.3) is 0 Å². The van der Waals surface area contributed by atoms with Gasteiger partial charge in [-0.3, -0.25) is 0 Å². The van der Waals surface area contributed by atoms with Crippen LogP contribution in [0.25, 0.3) is 0 Å². The molecule has 116 valence electrons. The van der Waals surface area contributed by atoms with Gasteiger partial charge < -0.3 is 15.2 Å². The molecular formula is C14H22IN5S. The first-order chi connectivity index (χ1) is 9.88. The Hall–Kier alpha value is -1.09. The maximum Gasteiger partial charge on any atom is 0.191 e. The normalized spacial score (nSPS) is 11.0. The van der Waals surface area contributed by atoms with Crippen molar-refractivity contribution in [2.24, 2.45) is 4.99 Å². The summed E-state index contributed by atoms with van der Waals surface area (Å²) in [6, 6.07) is 2.11. The molecule has 0 atom stereocenters. The summed E-state index contributed by atoms with van der Waals surface area (Å²) in [6.45, 7) is 5.54. The summed E-state index contributed by atoms with van der Waals surface area (Å²) >= 11 is 1.71. The summed E-state index contributed by atoms with van der Waals surface area (Å²) < 4.78 is 2.08. The lowest BCUT2D eigenvalue weighted by Gasteiger charge is -2.11. The van der Waals surface area contributed by atoms with E-state index in [2.05, 4.69) is 48.9 Å². The van der Waals surface area contributed by atoms with Gasteiger partial charge in [0, 0.05) is 32.0 Å². The molecule has 2 aromatic rings. The first-order valence-corrected chi connectivity index (χ1v) is 7.81. The fourth-order valence-electron chi connectivity index (χ4n) is 1.78. The van der Waals surface area contributed by atoms with Crippen LogP contribution in [0.4, 0.5) is 0 Å². The molecule has 0 bridgehead atoms. The molecule has 2 N–H and O–H groups in total. The Morgan fingerprint density at radius 2 is 2.33 bits per heavy atom. The second-order valence-corrected chi connectivity index (χ2v) is 5.19. The monoisotopic (exact) mass is 419 g/mol. The number of guanidine groups is 1. The second kappa shape index (κ2) is 10.6. The zero-order valence-corrected chi connectivity index (χ0v) is 15.3. The topological polar surface area (TPSA) is 54.2 Å². The Morgan fingerprint density at radius 3 is 3.00 bits per heavy atom. The average Bonchev–Trinajstić information content (AvgIpc) is 3.13. The van der Waals surface area contributed by atoms with Gasteiger partial charge in [0.15, 0.2) is 5.96 Å². The van der Waals surface area contributed by atoms with Crippen LogP contribution in [-0.4, -0.2) is 28.6 Å². The van der Waals surface area contributed by atoms with E-state index in [9.17, 15) is 0 Å². The van der Waals surface area contributed by atoms with E-state index >= 15 is 0 Å². The Morgan fingerprint density at radius 1 is 1.43 bits per heavy atom. The summed E-state index contributed by atoms with van der Waals surface area (Å²) in [5, 5.41) is 10.8. The third-order valence-electron chi connectivity index (χ3n) is 2.79. The van der Waals surface area contributed by atoms with Crippen LogP contribution in [0.1, 0.15) is 18.9 Å². The zero-order valence-electron chi connectivity index (χ0n) is 12.2. The number of thiophene rings is 1. The van der Waals surface area contributed by atoms with Gasteiger partial charge in [-0.15, -0.1) is 24.0 Å². The van der Waals surface area contributed by atoms with Gasteiger partial charge in [-0.2, -0.15) is 11.3 Å². The highest BCUT2D eigenvalue weighted by Gasteiger charge is 1.98. The predicted octanol–water partition coefficient (Wildman–Crippen LogP) is 2.71. The van der Waals surface area contributed by atoms with E-state index in [4.69, 9.17) is 0 Å². The lowest BCUT2D eigenvalue weighted by molar-refractivity contribution is 0.624. The molecule has 0 spiro atoms. The number of rotatable bonds is 7. The number of nitrogens with zero attached hydrogens (tertiary/aromatic N) is 3. The van der Waals surface area contributed by atoms with Crippen molar-refractivity contribution in [2.75, 3.05) is 13.1 Å². The lowest BCUT2D eigenvalue weighted by atomic mass is 10.3. The van der Waals surface area contributed by atoms with Crippen LogP contribution in [0.2, 0.25) is 0 Å². The van der Waals surface area contributed by atoms with Gasteiger partial charge in [-0.1, -0.05) is 0 Å². The zero-order chi connectivity index (χ0) is 14.0. The van der Waals surface area contributed by atoms with E-state index in [0.29, 0.717) is 0 Å². The molecule has 0 saturated carbocycles. The van der Waals surface area contributed by atoms with Crippen molar-refractivity contribution in [2.45, 2.75) is 26.4 Å². The smallest absolute Gasteiger partial charge is 0.191 e. The molecule has 0 aromatic carbocycles. The summed E-state index contributed by atoms with van der Waals surface area (Å²) in [5.41, 5.74) is 1.26. The summed E-state index contributed by atoms with van der Waals surface area (Å²) in [6.07, 6.45) is 6.67. The fourth-order valence-corrected chi connectivity index (χ4v) is 2.44. The van der Waals surface area contributed by atoms with Crippen molar-refractivity contribution in [3.63, 3.8) is 0 Å². The standard InChI is InChI=1S/C14H21N5S.HI/c1-2-16-14(18-10-13-4-9-20-11-13)17-5-3-7-19-8-6-15-12-19;/h4,6,8-9,11-12H,2-3,5,7,10H2,1H3,(H2,16,17,18);1H. The highest BCUT2D eigenvalue weighted by molar-refractivity contribution is 14.0. The third-order valence-corrected chi connectivity index (χ3v) is 3.52. The molecule has 0 fully saturated rings. The molecule has 0 saturated heterocycles. The highest BCUT2D eigenvalue weighted by atomic mass is 127. The SMILES string of the molecule is CCNC(=NCc1ccsc1)NCCCn1ccnc1.I. The Kier molecular flexibility index (Phi) is 9.07. The molecule has 0 aliphatic heterocycles. The minimum Gasteiger partial charge on any atom is -0.357 e. The predicted molar refractivity (Wildman–Crippen MR) is 99.4 cm³/mol. The van der Waals surface area contributed by atoms with Crippen molar-refractivity contribution in [1.82, 2.24) is 20.2 Å². The third kappa shape index (κ3) is 6.94. The number of hydrogen-bond acceptors (Lipinski definition) is 3. The van der Waals surface area contributed by atoms with Gasteiger partial charge in [0.05, 0.1) is 12.9 Å². The molecule has 0 aliphatic carbocycles. The number of aromatic nitrogens is 2. The molecule has 0 unspecified atom stereocenters. The minimum atomic E-state index is 0. The highest BCUT2D eigenvalue weighted by Crippen LogP contribution is 2.06. The summed E-state index contributed by atoms with van der Waals surface area (Å²) in [5.74, 6) is 0.879. The number of aryl methyl sites for hydroxylation is 1. The van der Waals surface area contributed by atoms with Crippen LogP contribution in [-0.2, 0) is 13.1 Å². The molecular weight excluding hydrogens is 397 g/mol. The Labute approximate surface area is 146 Å². The maximum absolute atomic E-state index is 4.57. The van der Waals surface area contributed by atoms with Crippen LogP contribution >= 0.6 is 35.3 Å². The number of hydrogen-bond donors (Lipinski definition) is 2. The fraction of sp³-hybridized carbons (Fsp3) is 0.429. The summed E-state index contributed by atoms with van der Waals surface area (Å²) in [7, 11) is 0. The number of aliphatic imine (C=N–C) groups is 1. The number of halogens is 1. The Balaban J connectivity index is 0.00000220. The largest absolute Gasteiger partial charge is 0.357 e. The van der Waals surface area contributed by atoms with Crippen molar-refractivity contribution >= 4 is 41.3 Å². The van der Waals surface area contributed by atoms with Crippen molar-refractivity contribution in [3.8, 4) is 0 Å². The van der Waals surface area contributed by atoms with Gasteiger partial charge in [-0.05, 0) is 35.7 Å². The molecule has 0 amide bonds. The molecule has 2 heterocycles. The van der Waals surface area contributed by atoms with E-state index in [1.807, 2.05) is 12.5 Å². The van der Waals surface area contributed by atoms with Crippen LogP contribution < -0.4 is 10.6 Å². The molecule has 0 aliphatic rings. The van der Waals surface area contributed by atoms with Crippen LogP contribution in [0.15, 0.2) is 40.5 Å². The van der Waals surface area contributed by atoms with Gasteiger partial charge >= 0.3 is 0 Å². The lowest BCUT2D eigenvalue weighted by Crippen LogP contribution is -2.38. The van der Waals surface area contributed by atoms with E-state index in [1.165, 1.54) is 5.56 Å². The van der Waals surface area contributed by atoms with Crippen LogP contribution in [0.3, 0.4) is 0 Å². The molecule has 21 heavy (non-hydrogen) atoms. The molecule has 0 radical (unpaired) electrons. The first-order valence-electron chi connectivity index (χ1n) is 6.87. The quantitative estimate of drug-likeness (QED) is 0.314. The van der Waals surface area contributed by atoms with Gasteiger partial charge in [0.1, 0.15) is 0 Å². The molecule has 2 aromatic heterocycles. The molecule has 2 rings (SSSR count). The van der Waals surface area contributed by atoms with Gasteiger partial charge in [0.2, 0.25) is 0 Å². The maximum atomic E-state index is 4.57. The van der Waals surface area contributed by atoms with Crippen LogP contribution in [0.5, 0.6) is 0 Å². The summed E-state index contributed by atoms with van der Waals surface area (Å²) in [4.78, 5) is 8.60. The van der Waals surface area contributed by atoms with Gasteiger partial charge in [-0.25, -0.2) is 9.98 Å². The van der Waals surface area contributed by atoms with E-state index in [0.717, 1.165) is 38.6 Å². The van der Waals surface area contributed by atoms with E-state index in [-0.39, 0.29) is 24.0 Å². The minimum absolute atomic E-state index is 0. The second-order valence-electron chi connectivity index (χ2n) is 4.41. The van der Waals surface area contributed by atoms with Crippen molar-refractivity contribution in [1.29, 1.82) is 0 Å². The number of imidazole rings is 1. The van der Waals surface area contributed by atoms with Crippen molar-refractivity contribution in [3.05, 3.63) is 41.1 Å². The van der Waals surface area contributed by atoms with Crippen molar-refractivity contribution < 1.29 is 0 Å². The molecule has 7 heteroatoms. The number of nitrogens with one attached hydrogen (secondary N) is 2. The average molecular weight is 419 g/mol.